The maximum Gasteiger partial charge on any atom is 0.338 e. The van der Waals surface area contributed by atoms with E-state index >= 15 is 0 Å². The van der Waals surface area contributed by atoms with Crippen LogP contribution in [-0.4, -0.2) is 64.3 Å². The molecule has 0 aliphatic carbocycles. The molecule has 12 nitrogen and oxygen atoms in total. The highest BCUT2D eigenvalue weighted by Gasteiger charge is 2.35. The molecule has 0 fully saturated rings. The molecule has 3 N–H and O–H groups in total. The van der Waals surface area contributed by atoms with Crippen molar-refractivity contribution in [3.63, 3.8) is 0 Å². The van der Waals surface area contributed by atoms with Gasteiger partial charge in [-0.1, -0.05) is 73.7 Å². The number of aliphatic hydroxyl groups excluding tert-OH is 1. The molecule has 0 saturated heterocycles. The van der Waals surface area contributed by atoms with E-state index in [4.69, 9.17) is 18.6 Å². The molecule has 1 aliphatic heterocycles. The predicted molar refractivity (Wildman–Crippen MR) is 197 cm³/mol. The number of furan rings is 1. The maximum atomic E-state index is 14.3. The lowest BCUT2D eigenvalue weighted by Gasteiger charge is -2.34. The van der Waals surface area contributed by atoms with Crippen LogP contribution in [0, 0.1) is 0 Å². The number of nitrogens with zero attached hydrogens (tertiary/aromatic N) is 1. The molecule has 0 radical (unpaired) electrons. The Morgan fingerprint density at radius 1 is 0.906 bits per heavy atom. The second-order valence-corrected chi connectivity index (χ2v) is 12.5. The molecule has 1 aromatic heterocycles. The zero-order valence-electron chi connectivity index (χ0n) is 29.7. The smallest absolute Gasteiger partial charge is 0.338 e. The Labute approximate surface area is 307 Å². The summed E-state index contributed by atoms with van der Waals surface area (Å²) in [5.41, 5.74) is 1.53. The largest absolute Gasteiger partial charge is 0.503 e. The third-order valence-electron chi connectivity index (χ3n) is 8.86. The minimum atomic E-state index is -1.42. The van der Waals surface area contributed by atoms with Gasteiger partial charge in [0.25, 0.3) is 11.8 Å². The topological polar surface area (TPSA) is 165 Å². The van der Waals surface area contributed by atoms with E-state index in [2.05, 4.69) is 5.32 Å². The summed E-state index contributed by atoms with van der Waals surface area (Å²) < 4.78 is 22.6. The molecule has 1 aliphatic rings. The molecular weight excluding hydrogens is 680 g/mol. The summed E-state index contributed by atoms with van der Waals surface area (Å²) in [4.78, 5) is 53.6. The standard InChI is InChI=1S/C41H42N2O10/c1-4-26(2)52-41(49)33(24-37(44)45)38(46)40(48)43(21-11-14-28-12-7-5-8-13-28)27(3)32(29-17-19-34-36(22-29)51-25-50-34)23-31-18-20-35(53-31)39(47)42-30-15-9-6-10-16-30/h5-20,22,26-27,32,46H,4,21,23-25H2,1-3H3,(H,42,47)(H,44,45)/b14-11+,38-33?. The van der Waals surface area contributed by atoms with Crippen LogP contribution in [-0.2, 0) is 25.5 Å². The summed E-state index contributed by atoms with van der Waals surface area (Å²) in [5.74, 6) is -3.92. The number of anilines is 1. The molecule has 12 heteroatoms. The van der Waals surface area contributed by atoms with Gasteiger partial charge in [-0.05, 0) is 67.8 Å². The van der Waals surface area contributed by atoms with Gasteiger partial charge in [0.05, 0.1) is 18.1 Å². The van der Waals surface area contributed by atoms with Gasteiger partial charge < -0.3 is 39.1 Å². The number of hydrogen-bond donors (Lipinski definition) is 3. The second kappa shape index (κ2) is 17.8. The Hall–Kier alpha value is -6.30. The average Bonchev–Trinajstić information content (AvgIpc) is 3.84. The number of carboxylic acid groups (broad SMARTS) is 1. The zero-order valence-corrected chi connectivity index (χ0v) is 29.7. The number of amides is 2. The molecule has 3 unspecified atom stereocenters. The van der Waals surface area contributed by atoms with Gasteiger partial charge in [0.15, 0.2) is 23.0 Å². The number of carboxylic acids is 1. The quantitative estimate of drug-likeness (QED) is 0.0615. The summed E-state index contributed by atoms with van der Waals surface area (Å²) in [6.07, 6.45) is 2.66. The minimum Gasteiger partial charge on any atom is -0.503 e. The van der Waals surface area contributed by atoms with Gasteiger partial charge in [-0.15, -0.1) is 0 Å². The van der Waals surface area contributed by atoms with Crippen LogP contribution in [0.5, 0.6) is 11.5 Å². The SMILES string of the molecule is CCC(C)OC(=O)C(CC(=O)O)=C(O)C(=O)N(C/C=C/c1ccccc1)C(C)C(Cc1ccc(C(=O)Nc2ccccc2)o1)c1ccc2c(c1)OCO2. The number of esters is 1. The maximum absolute atomic E-state index is 14.3. The third-order valence-corrected chi connectivity index (χ3v) is 8.86. The van der Waals surface area contributed by atoms with E-state index in [0.29, 0.717) is 29.4 Å². The molecule has 5 rings (SSSR count). The molecule has 276 valence electrons. The van der Waals surface area contributed by atoms with Crippen molar-refractivity contribution >= 4 is 35.5 Å². The van der Waals surface area contributed by atoms with Gasteiger partial charge in [-0.2, -0.15) is 0 Å². The molecule has 0 saturated carbocycles. The van der Waals surface area contributed by atoms with Gasteiger partial charge in [-0.25, -0.2) is 4.79 Å². The van der Waals surface area contributed by atoms with Crippen LogP contribution in [0.25, 0.3) is 6.08 Å². The van der Waals surface area contributed by atoms with Crippen molar-refractivity contribution in [2.75, 3.05) is 18.7 Å². The highest BCUT2D eigenvalue weighted by molar-refractivity contribution is 6.04. The van der Waals surface area contributed by atoms with Crippen LogP contribution in [0.3, 0.4) is 0 Å². The number of para-hydroxylation sites is 1. The van der Waals surface area contributed by atoms with Crippen molar-refractivity contribution in [3.05, 3.63) is 131 Å². The van der Waals surface area contributed by atoms with Gasteiger partial charge in [0.2, 0.25) is 6.79 Å². The molecule has 2 heterocycles. The number of ether oxygens (including phenoxy) is 3. The van der Waals surface area contributed by atoms with Crippen LogP contribution in [0.2, 0.25) is 0 Å². The van der Waals surface area contributed by atoms with Crippen LogP contribution in [0.15, 0.2) is 113 Å². The molecular formula is C41H42N2O10. The number of nitrogens with one attached hydrogen (secondary N) is 1. The van der Waals surface area contributed by atoms with Crippen molar-refractivity contribution in [3.8, 4) is 11.5 Å². The van der Waals surface area contributed by atoms with Crippen LogP contribution in [0.4, 0.5) is 5.69 Å². The lowest BCUT2D eigenvalue weighted by atomic mass is 9.87. The minimum absolute atomic E-state index is 0.0380. The fourth-order valence-corrected chi connectivity index (χ4v) is 5.78. The molecule has 3 aromatic carbocycles. The van der Waals surface area contributed by atoms with E-state index in [1.165, 1.54) is 4.90 Å². The van der Waals surface area contributed by atoms with E-state index in [9.17, 15) is 29.4 Å². The van der Waals surface area contributed by atoms with Crippen LogP contribution >= 0.6 is 0 Å². The average molecular weight is 723 g/mol. The normalized spacial score (nSPS) is 14.2. The van der Waals surface area contributed by atoms with E-state index < -0.39 is 59.6 Å². The number of benzene rings is 3. The van der Waals surface area contributed by atoms with Gasteiger partial charge >= 0.3 is 11.9 Å². The number of carbonyl (C=O) groups excluding carboxylic acids is 3. The fourth-order valence-electron chi connectivity index (χ4n) is 5.78. The summed E-state index contributed by atoms with van der Waals surface area (Å²) in [7, 11) is 0. The Bertz CT molecular complexity index is 1970. The second-order valence-electron chi connectivity index (χ2n) is 12.5. The zero-order chi connectivity index (χ0) is 37.9. The number of aliphatic hydroxyl groups is 1. The Balaban J connectivity index is 1.53. The first kappa shape index (κ1) is 37.9. The monoisotopic (exact) mass is 722 g/mol. The lowest BCUT2D eigenvalue weighted by molar-refractivity contribution is -0.147. The third kappa shape index (κ3) is 9.94. The summed E-state index contributed by atoms with van der Waals surface area (Å²) in [5, 5.41) is 23.8. The van der Waals surface area contributed by atoms with Crippen molar-refractivity contribution in [2.45, 2.75) is 58.1 Å². The first-order valence-electron chi connectivity index (χ1n) is 17.3. The highest BCUT2D eigenvalue weighted by atomic mass is 16.7. The van der Waals surface area contributed by atoms with Crippen molar-refractivity contribution in [2.24, 2.45) is 0 Å². The van der Waals surface area contributed by atoms with Crippen molar-refractivity contribution in [1.29, 1.82) is 0 Å². The van der Waals surface area contributed by atoms with E-state index in [0.717, 1.165) is 11.1 Å². The Morgan fingerprint density at radius 3 is 2.30 bits per heavy atom. The molecule has 53 heavy (non-hydrogen) atoms. The first-order chi connectivity index (χ1) is 25.5. The number of hydrogen-bond acceptors (Lipinski definition) is 9. The first-order valence-corrected chi connectivity index (χ1v) is 17.3. The lowest BCUT2D eigenvalue weighted by Crippen LogP contribution is -2.44. The van der Waals surface area contributed by atoms with Crippen molar-refractivity contribution < 1.29 is 48.0 Å². The van der Waals surface area contributed by atoms with Gasteiger partial charge in [-0.3, -0.25) is 14.4 Å². The van der Waals surface area contributed by atoms with Gasteiger partial charge in [0.1, 0.15) is 5.76 Å². The van der Waals surface area contributed by atoms with E-state index in [1.54, 1.807) is 75.4 Å². The molecule has 2 amide bonds. The number of fused-ring (bicyclic) bond motifs is 1. The number of aliphatic carboxylic acids is 1. The van der Waals surface area contributed by atoms with Crippen molar-refractivity contribution in [1.82, 2.24) is 4.90 Å². The predicted octanol–water partition coefficient (Wildman–Crippen LogP) is 7.15. The summed E-state index contributed by atoms with van der Waals surface area (Å²) >= 11 is 0. The molecule has 0 spiro atoms. The fraction of sp³-hybridized carbons (Fsp3) is 0.268. The Kier molecular flexibility index (Phi) is 12.7. The van der Waals surface area contributed by atoms with E-state index in [-0.39, 0.29) is 25.5 Å². The van der Waals surface area contributed by atoms with Gasteiger partial charge in [0, 0.05) is 30.6 Å². The van der Waals surface area contributed by atoms with Crippen LogP contribution in [0.1, 0.15) is 67.0 Å². The number of carbonyl (C=O) groups is 4. The van der Waals surface area contributed by atoms with E-state index in [1.807, 2.05) is 48.5 Å². The molecule has 0 bridgehead atoms. The summed E-state index contributed by atoms with van der Waals surface area (Å²) in [6, 6.07) is 26.2. The van der Waals surface area contributed by atoms with Crippen LogP contribution < -0.4 is 14.8 Å². The number of rotatable bonds is 16. The molecule has 3 atom stereocenters. The Morgan fingerprint density at radius 2 is 1.60 bits per heavy atom. The molecule has 4 aromatic rings. The highest BCUT2D eigenvalue weighted by Crippen LogP contribution is 2.38. The summed E-state index contributed by atoms with van der Waals surface area (Å²) in [6.45, 7) is 5.18.